The zero-order valence-corrected chi connectivity index (χ0v) is 22.7. The van der Waals surface area contributed by atoms with E-state index in [4.69, 9.17) is 27.4 Å². The van der Waals surface area contributed by atoms with Crippen molar-refractivity contribution in [3.63, 3.8) is 0 Å². The van der Waals surface area contributed by atoms with E-state index in [0.29, 0.717) is 5.56 Å². The molecule has 0 spiro atoms. The Labute approximate surface area is 240 Å². The second kappa shape index (κ2) is 17.7. The smallest absolute Gasteiger partial charge is 0.326 e. The third-order valence-corrected chi connectivity index (χ3v) is 5.85. The van der Waals surface area contributed by atoms with E-state index in [1.54, 1.807) is 0 Å². The third kappa shape index (κ3) is 13.9. The van der Waals surface area contributed by atoms with Gasteiger partial charge in [0.2, 0.25) is 17.7 Å². The maximum absolute atomic E-state index is 13.2. The fraction of sp³-hybridized carbons (Fsp3) is 0.480. The van der Waals surface area contributed by atoms with Crippen LogP contribution in [0.2, 0.25) is 0 Å². The van der Waals surface area contributed by atoms with Gasteiger partial charge in [-0.1, -0.05) is 12.1 Å². The van der Waals surface area contributed by atoms with Crippen molar-refractivity contribution in [3.8, 4) is 5.75 Å². The molecule has 1 rings (SSSR count). The summed E-state index contributed by atoms with van der Waals surface area (Å²) in [4.78, 5) is 76.4. The van der Waals surface area contributed by atoms with Gasteiger partial charge in [-0.2, -0.15) is 0 Å². The van der Waals surface area contributed by atoms with Gasteiger partial charge in [0, 0.05) is 25.8 Å². The van der Waals surface area contributed by atoms with Crippen LogP contribution >= 0.6 is 0 Å². The van der Waals surface area contributed by atoms with Crippen molar-refractivity contribution in [2.24, 2.45) is 22.2 Å². The van der Waals surface area contributed by atoms with E-state index in [-0.39, 0.29) is 50.4 Å². The number of hydrogen-bond donors (Lipinski definition) is 10. The van der Waals surface area contributed by atoms with Gasteiger partial charge in [0.25, 0.3) is 0 Å². The second-order valence-corrected chi connectivity index (χ2v) is 9.31. The molecular formula is C25H37N7O10. The van der Waals surface area contributed by atoms with E-state index in [0.717, 1.165) is 0 Å². The molecule has 17 nitrogen and oxygen atoms in total. The van der Waals surface area contributed by atoms with Crippen LogP contribution in [-0.2, 0) is 35.2 Å². The number of phenolic OH excluding ortho intramolecular Hbond substituents is 1. The fourth-order valence-electron chi connectivity index (χ4n) is 3.61. The first-order chi connectivity index (χ1) is 19.7. The predicted molar refractivity (Wildman–Crippen MR) is 147 cm³/mol. The second-order valence-electron chi connectivity index (χ2n) is 9.31. The first kappa shape index (κ1) is 35.1. The molecule has 4 unspecified atom stereocenters. The number of nitrogens with two attached hydrogens (primary N) is 3. The summed E-state index contributed by atoms with van der Waals surface area (Å²) in [6.07, 6.45) is -1.66. The molecule has 4 atom stereocenters. The maximum Gasteiger partial charge on any atom is 0.326 e. The Morgan fingerprint density at radius 1 is 0.738 bits per heavy atom. The van der Waals surface area contributed by atoms with Crippen molar-refractivity contribution in [2.75, 3.05) is 6.54 Å². The van der Waals surface area contributed by atoms with Crippen LogP contribution < -0.4 is 33.2 Å². The summed E-state index contributed by atoms with van der Waals surface area (Å²) in [6.45, 7) is 0.0649. The molecule has 0 saturated heterocycles. The van der Waals surface area contributed by atoms with Crippen molar-refractivity contribution in [3.05, 3.63) is 29.8 Å². The Kier molecular flexibility index (Phi) is 14.8. The number of benzene rings is 1. The molecule has 17 heteroatoms. The van der Waals surface area contributed by atoms with Crippen molar-refractivity contribution < 1.29 is 49.2 Å². The number of rotatable bonds is 19. The van der Waals surface area contributed by atoms with E-state index in [2.05, 4.69) is 20.9 Å². The highest BCUT2D eigenvalue weighted by atomic mass is 16.4. The molecule has 0 fully saturated rings. The Balaban J connectivity index is 3.11. The van der Waals surface area contributed by atoms with Crippen LogP contribution in [0.5, 0.6) is 5.75 Å². The number of aromatic hydroxyl groups is 1. The minimum Gasteiger partial charge on any atom is -0.508 e. The first-order valence-electron chi connectivity index (χ1n) is 12.9. The van der Waals surface area contributed by atoms with Crippen molar-refractivity contribution in [1.29, 1.82) is 0 Å². The van der Waals surface area contributed by atoms with Gasteiger partial charge in [-0.3, -0.25) is 29.0 Å². The van der Waals surface area contributed by atoms with Crippen LogP contribution in [-0.4, -0.2) is 92.7 Å². The highest BCUT2D eigenvalue weighted by Gasteiger charge is 2.30. The molecule has 1 aromatic rings. The summed E-state index contributed by atoms with van der Waals surface area (Å²) in [5.74, 6) is -6.84. The molecular weight excluding hydrogens is 558 g/mol. The van der Waals surface area contributed by atoms with Gasteiger partial charge in [-0.15, -0.1) is 0 Å². The molecule has 13 N–H and O–H groups in total. The molecule has 0 heterocycles. The summed E-state index contributed by atoms with van der Waals surface area (Å²) in [5.41, 5.74) is 16.8. The standard InChI is InChI=1S/C25H37N7O10/c26-15(7-9-19(34)35)21(38)30-17(8-10-20(36)37)23(40)31-16(2-1-11-29-25(27)28)22(39)32-18(24(41)42)12-13-3-5-14(33)6-4-13/h3-6,15-18,33H,1-2,7-12,26H2,(H,30,38)(H,31,40)(H,32,39)(H,34,35)(H,36,37)(H,41,42)(H4,27,28,29). The fourth-order valence-corrected chi connectivity index (χ4v) is 3.61. The average molecular weight is 596 g/mol. The summed E-state index contributed by atoms with van der Waals surface area (Å²) < 4.78 is 0. The first-order valence-corrected chi connectivity index (χ1v) is 12.9. The lowest BCUT2D eigenvalue weighted by molar-refractivity contribution is -0.142. The van der Waals surface area contributed by atoms with E-state index in [1.807, 2.05) is 0 Å². The summed E-state index contributed by atoms with van der Waals surface area (Å²) in [7, 11) is 0. The molecule has 0 bridgehead atoms. The van der Waals surface area contributed by atoms with Crippen LogP contribution in [0.1, 0.15) is 44.1 Å². The molecule has 0 aromatic heterocycles. The minimum atomic E-state index is -1.47. The van der Waals surface area contributed by atoms with Crippen LogP contribution in [0.15, 0.2) is 29.3 Å². The Morgan fingerprint density at radius 2 is 1.24 bits per heavy atom. The molecule has 42 heavy (non-hydrogen) atoms. The lowest BCUT2D eigenvalue weighted by Gasteiger charge is -2.25. The van der Waals surface area contributed by atoms with Crippen LogP contribution in [0.3, 0.4) is 0 Å². The molecule has 0 radical (unpaired) electrons. The zero-order valence-electron chi connectivity index (χ0n) is 22.7. The van der Waals surface area contributed by atoms with Crippen LogP contribution in [0.4, 0.5) is 0 Å². The number of aliphatic imine (C=N–C) groups is 1. The highest BCUT2D eigenvalue weighted by molar-refractivity contribution is 5.94. The van der Waals surface area contributed by atoms with Crippen molar-refractivity contribution in [1.82, 2.24) is 16.0 Å². The number of carboxylic acid groups (broad SMARTS) is 3. The minimum absolute atomic E-state index is 0.0365. The number of nitrogens with zero attached hydrogens (tertiary/aromatic N) is 1. The van der Waals surface area contributed by atoms with E-state index in [1.165, 1.54) is 24.3 Å². The molecule has 232 valence electrons. The number of hydrogen-bond acceptors (Lipinski definition) is 9. The highest BCUT2D eigenvalue weighted by Crippen LogP contribution is 2.12. The largest absolute Gasteiger partial charge is 0.508 e. The zero-order chi connectivity index (χ0) is 31.8. The van der Waals surface area contributed by atoms with Gasteiger partial charge in [0.15, 0.2) is 5.96 Å². The molecule has 1 aromatic carbocycles. The topological polar surface area (TPSA) is 310 Å². The number of nitrogens with one attached hydrogen (secondary N) is 3. The van der Waals surface area contributed by atoms with Gasteiger partial charge in [0.05, 0.1) is 6.04 Å². The Hall–Kier alpha value is -4.93. The van der Waals surface area contributed by atoms with Gasteiger partial charge < -0.3 is 53.6 Å². The molecule has 0 aliphatic rings. The van der Waals surface area contributed by atoms with Crippen molar-refractivity contribution >= 4 is 41.6 Å². The Morgan fingerprint density at radius 3 is 1.76 bits per heavy atom. The monoisotopic (exact) mass is 595 g/mol. The molecule has 0 aliphatic heterocycles. The lowest BCUT2D eigenvalue weighted by Crippen LogP contribution is -2.57. The number of guanidine groups is 1. The van der Waals surface area contributed by atoms with Gasteiger partial charge in [-0.05, 0) is 43.4 Å². The number of amides is 3. The molecule has 0 aliphatic carbocycles. The quantitative estimate of drug-likeness (QED) is 0.0453. The van der Waals surface area contributed by atoms with Crippen molar-refractivity contribution in [2.45, 2.75) is 69.1 Å². The third-order valence-electron chi connectivity index (χ3n) is 5.85. The maximum atomic E-state index is 13.2. The van der Waals surface area contributed by atoms with Gasteiger partial charge in [0.1, 0.15) is 23.9 Å². The SMILES string of the molecule is NC(N)=NCCCC(NC(=O)C(CCC(=O)O)NC(=O)C(N)CCC(=O)O)C(=O)NC(Cc1ccc(O)cc1)C(=O)O. The van der Waals surface area contributed by atoms with E-state index >= 15 is 0 Å². The predicted octanol–water partition coefficient (Wildman–Crippen LogP) is -2.42. The van der Waals surface area contributed by atoms with E-state index < -0.39 is 72.6 Å². The number of carboxylic acids is 3. The lowest BCUT2D eigenvalue weighted by atomic mass is 10.0. The summed E-state index contributed by atoms with van der Waals surface area (Å²) in [6, 6.07) is 0.100. The molecule has 0 saturated carbocycles. The van der Waals surface area contributed by atoms with Gasteiger partial charge in [-0.25, -0.2) is 4.79 Å². The molecule has 3 amide bonds. The number of aliphatic carboxylic acids is 3. The van der Waals surface area contributed by atoms with Crippen LogP contribution in [0.25, 0.3) is 0 Å². The average Bonchev–Trinajstić information content (AvgIpc) is 2.91. The van der Waals surface area contributed by atoms with E-state index in [9.17, 15) is 39.0 Å². The Bertz CT molecular complexity index is 1140. The number of phenols is 1. The summed E-state index contributed by atoms with van der Waals surface area (Å²) >= 11 is 0. The van der Waals surface area contributed by atoms with Gasteiger partial charge >= 0.3 is 17.9 Å². The number of carbonyl (C=O) groups is 6. The number of carbonyl (C=O) groups excluding carboxylic acids is 3. The normalized spacial score (nSPS) is 13.5. The summed E-state index contributed by atoms with van der Waals surface area (Å²) in [5, 5.41) is 44.0. The van der Waals surface area contributed by atoms with Crippen LogP contribution in [0, 0.1) is 0 Å².